The second-order valence-electron chi connectivity index (χ2n) is 3.37. The Morgan fingerprint density at radius 1 is 1.42 bits per heavy atom. The topological polar surface area (TPSA) is 29.1 Å². The minimum absolute atomic E-state index is 0.217. The van der Waals surface area contributed by atoms with Crippen LogP contribution in [-0.4, -0.2) is 12.5 Å². The van der Waals surface area contributed by atoms with Crippen molar-refractivity contribution in [3.63, 3.8) is 0 Å². The maximum absolute atomic E-state index is 11.4. The van der Waals surface area contributed by atoms with Gasteiger partial charge in [0, 0.05) is 12.5 Å². The Kier molecular flexibility index (Phi) is 3.85. The lowest BCUT2D eigenvalue weighted by Crippen LogP contribution is -2.31. The smallest absolute Gasteiger partial charge is 0.223 e. The summed E-state index contributed by atoms with van der Waals surface area (Å²) < 4.78 is 0. The predicted octanol–water partition coefficient (Wildman–Crippen LogP) is 1.87. The molecule has 1 fully saturated rings. The van der Waals surface area contributed by atoms with E-state index in [2.05, 4.69) is 11.9 Å². The Morgan fingerprint density at radius 2 is 2.08 bits per heavy atom. The first-order valence-corrected chi connectivity index (χ1v) is 4.73. The van der Waals surface area contributed by atoms with Crippen molar-refractivity contribution < 1.29 is 4.79 Å². The Morgan fingerprint density at radius 3 is 2.67 bits per heavy atom. The highest BCUT2D eigenvalue weighted by atomic mass is 16.1. The average molecular weight is 167 g/mol. The molecule has 2 heteroatoms. The molecule has 1 aliphatic carbocycles. The van der Waals surface area contributed by atoms with Crippen molar-refractivity contribution >= 4 is 5.91 Å². The highest BCUT2D eigenvalue weighted by Gasteiger charge is 2.19. The van der Waals surface area contributed by atoms with Crippen LogP contribution in [0, 0.1) is 5.92 Å². The molecule has 0 spiro atoms. The molecule has 0 aliphatic heterocycles. The number of amides is 1. The molecule has 1 amide bonds. The van der Waals surface area contributed by atoms with Crippen LogP contribution in [0.4, 0.5) is 0 Å². The summed E-state index contributed by atoms with van der Waals surface area (Å²) in [5.74, 6) is 0.494. The van der Waals surface area contributed by atoms with Crippen molar-refractivity contribution in [2.24, 2.45) is 5.92 Å². The second kappa shape index (κ2) is 4.96. The molecule has 0 radical (unpaired) electrons. The zero-order valence-electron chi connectivity index (χ0n) is 7.51. The molecule has 12 heavy (non-hydrogen) atoms. The number of hydrogen-bond acceptors (Lipinski definition) is 1. The lowest BCUT2D eigenvalue weighted by atomic mass is 9.89. The molecule has 68 valence electrons. The molecule has 1 aliphatic rings. The van der Waals surface area contributed by atoms with E-state index in [4.69, 9.17) is 0 Å². The number of hydrogen-bond donors (Lipinski definition) is 1. The van der Waals surface area contributed by atoms with Crippen LogP contribution in [0.25, 0.3) is 0 Å². The van der Waals surface area contributed by atoms with Crippen LogP contribution >= 0.6 is 0 Å². The fourth-order valence-corrected chi connectivity index (χ4v) is 1.68. The molecular weight excluding hydrogens is 150 g/mol. The average Bonchev–Trinajstić information content (AvgIpc) is 2.15. The predicted molar refractivity (Wildman–Crippen MR) is 49.8 cm³/mol. The maximum Gasteiger partial charge on any atom is 0.223 e. The SMILES string of the molecule is C=CCNC(=O)C1CCCCC1. The van der Waals surface area contributed by atoms with E-state index in [9.17, 15) is 4.79 Å². The summed E-state index contributed by atoms with van der Waals surface area (Å²) >= 11 is 0. The van der Waals surface area contributed by atoms with Gasteiger partial charge in [0.1, 0.15) is 0 Å². The van der Waals surface area contributed by atoms with Crippen molar-refractivity contribution in [2.75, 3.05) is 6.54 Å². The molecule has 1 saturated carbocycles. The van der Waals surface area contributed by atoms with Crippen molar-refractivity contribution in [3.05, 3.63) is 12.7 Å². The van der Waals surface area contributed by atoms with Crippen LogP contribution in [0.1, 0.15) is 32.1 Å². The van der Waals surface area contributed by atoms with E-state index in [1.165, 1.54) is 19.3 Å². The van der Waals surface area contributed by atoms with Crippen LogP contribution in [0.5, 0.6) is 0 Å². The van der Waals surface area contributed by atoms with Crippen molar-refractivity contribution in [3.8, 4) is 0 Å². The molecule has 0 aromatic rings. The van der Waals surface area contributed by atoms with E-state index in [1.54, 1.807) is 6.08 Å². The van der Waals surface area contributed by atoms with E-state index < -0.39 is 0 Å². The molecule has 0 unspecified atom stereocenters. The van der Waals surface area contributed by atoms with Gasteiger partial charge in [0.15, 0.2) is 0 Å². The first-order valence-electron chi connectivity index (χ1n) is 4.73. The molecular formula is C10H17NO. The summed E-state index contributed by atoms with van der Waals surface area (Å²) in [6.07, 6.45) is 7.59. The minimum Gasteiger partial charge on any atom is -0.352 e. The fourth-order valence-electron chi connectivity index (χ4n) is 1.68. The maximum atomic E-state index is 11.4. The highest BCUT2D eigenvalue weighted by Crippen LogP contribution is 2.23. The van der Waals surface area contributed by atoms with Crippen molar-refractivity contribution in [1.29, 1.82) is 0 Å². The summed E-state index contributed by atoms with van der Waals surface area (Å²) in [7, 11) is 0. The summed E-state index contributed by atoms with van der Waals surface area (Å²) in [6, 6.07) is 0. The van der Waals surface area contributed by atoms with Gasteiger partial charge >= 0.3 is 0 Å². The van der Waals surface area contributed by atoms with Crippen molar-refractivity contribution in [1.82, 2.24) is 5.32 Å². The lowest BCUT2D eigenvalue weighted by Gasteiger charge is -2.20. The van der Waals surface area contributed by atoms with Gasteiger partial charge in [-0.15, -0.1) is 6.58 Å². The third-order valence-electron chi connectivity index (χ3n) is 2.40. The van der Waals surface area contributed by atoms with E-state index in [0.717, 1.165) is 12.8 Å². The van der Waals surface area contributed by atoms with Crippen LogP contribution in [0.2, 0.25) is 0 Å². The van der Waals surface area contributed by atoms with Gasteiger partial charge in [-0.05, 0) is 12.8 Å². The molecule has 1 rings (SSSR count). The molecule has 0 aromatic heterocycles. The zero-order valence-corrected chi connectivity index (χ0v) is 7.51. The third kappa shape index (κ3) is 2.68. The fraction of sp³-hybridized carbons (Fsp3) is 0.700. The summed E-state index contributed by atoms with van der Waals surface area (Å²) in [4.78, 5) is 11.4. The summed E-state index contributed by atoms with van der Waals surface area (Å²) in [5.41, 5.74) is 0. The molecule has 0 saturated heterocycles. The van der Waals surface area contributed by atoms with Crippen molar-refractivity contribution in [2.45, 2.75) is 32.1 Å². The summed E-state index contributed by atoms with van der Waals surface area (Å²) in [5, 5.41) is 2.85. The van der Waals surface area contributed by atoms with Gasteiger partial charge in [0.2, 0.25) is 5.91 Å². The van der Waals surface area contributed by atoms with E-state index in [1.807, 2.05) is 0 Å². The van der Waals surface area contributed by atoms with Gasteiger partial charge in [-0.1, -0.05) is 25.3 Å². The van der Waals surface area contributed by atoms with E-state index >= 15 is 0 Å². The van der Waals surface area contributed by atoms with Gasteiger partial charge in [0.05, 0.1) is 0 Å². The Balaban J connectivity index is 2.24. The number of carbonyl (C=O) groups is 1. The van der Waals surface area contributed by atoms with E-state index in [-0.39, 0.29) is 11.8 Å². The molecule has 1 N–H and O–H groups in total. The van der Waals surface area contributed by atoms with Gasteiger partial charge in [-0.25, -0.2) is 0 Å². The molecule has 0 atom stereocenters. The monoisotopic (exact) mass is 167 g/mol. The highest BCUT2D eigenvalue weighted by molar-refractivity contribution is 5.78. The minimum atomic E-state index is 0.217. The zero-order chi connectivity index (χ0) is 8.81. The van der Waals surface area contributed by atoms with Gasteiger partial charge in [-0.2, -0.15) is 0 Å². The quantitative estimate of drug-likeness (QED) is 0.639. The number of nitrogens with one attached hydrogen (secondary N) is 1. The summed E-state index contributed by atoms with van der Waals surface area (Å²) in [6.45, 7) is 4.17. The number of carbonyl (C=O) groups excluding carboxylic acids is 1. The second-order valence-corrected chi connectivity index (χ2v) is 3.37. The van der Waals surface area contributed by atoms with Crippen LogP contribution in [-0.2, 0) is 4.79 Å². The third-order valence-corrected chi connectivity index (χ3v) is 2.40. The molecule has 2 nitrogen and oxygen atoms in total. The standard InChI is InChI=1S/C10H17NO/c1-2-8-11-10(12)9-6-4-3-5-7-9/h2,9H,1,3-8H2,(H,11,12). The molecule has 0 heterocycles. The first kappa shape index (κ1) is 9.30. The van der Waals surface area contributed by atoms with Crippen LogP contribution in [0.15, 0.2) is 12.7 Å². The molecule has 0 aromatic carbocycles. The lowest BCUT2D eigenvalue weighted by molar-refractivity contribution is -0.125. The largest absolute Gasteiger partial charge is 0.352 e. The van der Waals surface area contributed by atoms with Gasteiger partial charge in [0.25, 0.3) is 0 Å². The first-order chi connectivity index (χ1) is 5.84. The van der Waals surface area contributed by atoms with Crippen LogP contribution < -0.4 is 5.32 Å². The number of rotatable bonds is 3. The molecule has 0 bridgehead atoms. The normalized spacial score (nSPS) is 18.7. The van der Waals surface area contributed by atoms with Crippen LogP contribution in [0.3, 0.4) is 0 Å². The Labute approximate surface area is 74.0 Å². The Hall–Kier alpha value is -0.790. The Bertz CT molecular complexity index is 159. The van der Waals surface area contributed by atoms with Gasteiger partial charge in [-0.3, -0.25) is 4.79 Å². The van der Waals surface area contributed by atoms with E-state index in [0.29, 0.717) is 6.54 Å². The van der Waals surface area contributed by atoms with Gasteiger partial charge < -0.3 is 5.32 Å².